The van der Waals surface area contributed by atoms with Crippen molar-refractivity contribution in [2.75, 3.05) is 5.32 Å². The van der Waals surface area contributed by atoms with E-state index in [0.29, 0.717) is 21.4 Å². The highest BCUT2D eigenvalue weighted by atomic mass is 35.5. The second-order valence-electron chi connectivity index (χ2n) is 4.31. The van der Waals surface area contributed by atoms with Gasteiger partial charge in [-0.1, -0.05) is 23.2 Å². The highest BCUT2D eigenvalue weighted by Gasteiger charge is 2.11. The van der Waals surface area contributed by atoms with Gasteiger partial charge in [0, 0.05) is 10.4 Å². The van der Waals surface area contributed by atoms with E-state index in [1.165, 1.54) is 11.3 Å². The number of amides is 1. The van der Waals surface area contributed by atoms with Crippen LogP contribution in [0.15, 0.2) is 23.6 Å². The van der Waals surface area contributed by atoms with Crippen LogP contribution in [0.25, 0.3) is 0 Å². The Morgan fingerprint density at radius 3 is 2.90 bits per heavy atom. The molecule has 0 aliphatic heterocycles. The number of rotatable bonds is 4. The van der Waals surface area contributed by atoms with E-state index in [1.807, 2.05) is 12.3 Å². The molecule has 0 fully saturated rings. The van der Waals surface area contributed by atoms with Gasteiger partial charge in [-0.2, -0.15) is 0 Å². The summed E-state index contributed by atoms with van der Waals surface area (Å²) in [4.78, 5) is 16.3. The number of carbonyl (C=O) groups excluding carboxylic acids is 1. The van der Waals surface area contributed by atoms with E-state index < -0.39 is 0 Å². The van der Waals surface area contributed by atoms with Crippen LogP contribution in [0.1, 0.15) is 23.7 Å². The number of hydrogen-bond donors (Lipinski definition) is 2. The highest BCUT2D eigenvalue weighted by Crippen LogP contribution is 2.25. The first kappa shape index (κ1) is 15.3. The zero-order chi connectivity index (χ0) is 14.7. The first-order chi connectivity index (χ1) is 9.45. The lowest BCUT2D eigenvalue weighted by atomic mass is 10.2. The second kappa shape index (κ2) is 6.54. The number of thiazole rings is 1. The second-order valence-corrected chi connectivity index (χ2v) is 6.05. The average Bonchev–Trinajstić information content (AvgIpc) is 2.82. The Morgan fingerprint density at radius 2 is 2.25 bits per heavy atom. The maximum Gasteiger partial charge on any atom is 0.230 e. The molecule has 1 atom stereocenters. The number of halogens is 2. The van der Waals surface area contributed by atoms with Gasteiger partial charge in [0.15, 0.2) is 0 Å². The first-order valence-corrected chi connectivity index (χ1v) is 7.54. The topological polar surface area (TPSA) is 68.0 Å². The van der Waals surface area contributed by atoms with Crippen molar-refractivity contribution < 1.29 is 4.79 Å². The van der Waals surface area contributed by atoms with Gasteiger partial charge in [-0.3, -0.25) is 4.79 Å². The molecule has 0 aliphatic rings. The third kappa shape index (κ3) is 3.93. The molecule has 1 unspecified atom stereocenters. The van der Waals surface area contributed by atoms with Gasteiger partial charge in [-0.15, -0.1) is 11.3 Å². The van der Waals surface area contributed by atoms with Crippen molar-refractivity contribution in [3.63, 3.8) is 0 Å². The van der Waals surface area contributed by atoms with Crippen LogP contribution in [-0.4, -0.2) is 10.9 Å². The van der Waals surface area contributed by atoms with Gasteiger partial charge >= 0.3 is 0 Å². The monoisotopic (exact) mass is 329 g/mol. The zero-order valence-electron chi connectivity index (χ0n) is 10.7. The maximum absolute atomic E-state index is 11.9. The normalized spacial score (nSPS) is 12.2. The van der Waals surface area contributed by atoms with Crippen molar-refractivity contribution in [2.24, 2.45) is 5.73 Å². The quantitative estimate of drug-likeness (QED) is 0.899. The molecular weight excluding hydrogens is 317 g/mol. The van der Waals surface area contributed by atoms with Gasteiger partial charge in [0.2, 0.25) is 5.91 Å². The summed E-state index contributed by atoms with van der Waals surface area (Å²) in [6.45, 7) is 1.86. The fourth-order valence-corrected chi connectivity index (χ4v) is 2.68. The molecule has 0 radical (unpaired) electrons. The largest absolute Gasteiger partial charge is 0.324 e. The van der Waals surface area contributed by atoms with E-state index in [-0.39, 0.29) is 18.4 Å². The molecular formula is C13H13Cl2N3OS. The number of anilines is 1. The van der Waals surface area contributed by atoms with E-state index in [0.717, 1.165) is 5.01 Å². The van der Waals surface area contributed by atoms with E-state index in [4.69, 9.17) is 28.9 Å². The molecule has 0 saturated carbocycles. The fraction of sp³-hybridized carbons (Fsp3) is 0.231. The minimum Gasteiger partial charge on any atom is -0.324 e. The van der Waals surface area contributed by atoms with E-state index in [2.05, 4.69) is 10.3 Å². The van der Waals surface area contributed by atoms with Gasteiger partial charge < -0.3 is 11.1 Å². The fourth-order valence-electron chi connectivity index (χ4n) is 1.57. The summed E-state index contributed by atoms with van der Waals surface area (Å²) < 4.78 is 0. The van der Waals surface area contributed by atoms with E-state index >= 15 is 0 Å². The molecule has 0 aliphatic carbocycles. The lowest BCUT2D eigenvalue weighted by Crippen LogP contribution is -2.15. The standard InChI is InChI=1S/C13H13Cl2N3OS/c1-7(16)13-17-9(6-20-13)5-12(19)18-11-4-8(14)2-3-10(11)15/h2-4,6-7H,5,16H2,1H3,(H,18,19). The van der Waals surface area contributed by atoms with Crippen molar-refractivity contribution in [1.29, 1.82) is 0 Å². The molecule has 0 spiro atoms. The summed E-state index contributed by atoms with van der Waals surface area (Å²) in [7, 11) is 0. The maximum atomic E-state index is 11.9. The van der Waals surface area contributed by atoms with Crippen molar-refractivity contribution in [1.82, 2.24) is 4.98 Å². The number of hydrogen-bond acceptors (Lipinski definition) is 4. The Morgan fingerprint density at radius 1 is 1.50 bits per heavy atom. The van der Waals surface area contributed by atoms with Gasteiger partial charge in [-0.25, -0.2) is 4.98 Å². The van der Waals surface area contributed by atoms with Crippen LogP contribution in [-0.2, 0) is 11.2 Å². The molecule has 106 valence electrons. The average molecular weight is 330 g/mol. The van der Waals surface area contributed by atoms with Gasteiger partial charge in [-0.05, 0) is 25.1 Å². The summed E-state index contributed by atoms with van der Waals surface area (Å²) in [5, 5.41) is 6.31. The molecule has 0 saturated heterocycles. The minimum absolute atomic E-state index is 0.126. The number of benzene rings is 1. The van der Waals surface area contributed by atoms with Gasteiger partial charge in [0.1, 0.15) is 5.01 Å². The van der Waals surface area contributed by atoms with Gasteiger partial charge in [0.05, 0.1) is 28.9 Å². The molecule has 3 N–H and O–H groups in total. The number of nitrogens with one attached hydrogen (secondary N) is 1. The van der Waals surface area contributed by atoms with Crippen LogP contribution >= 0.6 is 34.5 Å². The van der Waals surface area contributed by atoms with Crippen molar-refractivity contribution in [3.8, 4) is 0 Å². The Balaban J connectivity index is 2.03. The van der Waals surface area contributed by atoms with Crippen LogP contribution in [0.3, 0.4) is 0 Å². The smallest absolute Gasteiger partial charge is 0.230 e. The molecule has 20 heavy (non-hydrogen) atoms. The van der Waals surface area contributed by atoms with Crippen LogP contribution in [0.5, 0.6) is 0 Å². The van der Waals surface area contributed by atoms with Crippen LogP contribution in [0.4, 0.5) is 5.69 Å². The van der Waals surface area contributed by atoms with Gasteiger partial charge in [0.25, 0.3) is 0 Å². The Hall–Kier alpha value is -1.14. The van der Waals surface area contributed by atoms with Crippen LogP contribution in [0.2, 0.25) is 10.0 Å². The molecule has 7 heteroatoms. The molecule has 1 aromatic heterocycles. The SMILES string of the molecule is CC(N)c1nc(CC(=O)Nc2cc(Cl)ccc2Cl)cs1. The Labute approximate surface area is 130 Å². The number of nitrogens with two attached hydrogens (primary N) is 1. The molecule has 4 nitrogen and oxygen atoms in total. The van der Waals surface area contributed by atoms with Crippen LogP contribution < -0.4 is 11.1 Å². The number of nitrogens with zero attached hydrogens (tertiary/aromatic N) is 1. The molecule has 1 amide bonds. The summed E-state index contributed by atoms with van der Waals surface area (Å²) in [6.07, 6.45) is 0.173. The highest BCUT2D eigenvalue weighted by molar-refractivity contribution is 7.09. The van der Waals surface area contributed by atoms with Crippen molar-refractivity contribution >= 4 is 46.1 Å². The Kier molecular flexibility index (Phi) is 4.99. The summed E-state index contributed by atoms with van der Waals surface area (Å²) in [5.74, 6) is -0.198. The number of carbonyl (C=O) groups is 1. The molecule has 1 aromatic carbocycles. The number of aromatic nitrogens is 1. The van der Waals surface area contributed by atoms with E-state index in [9.17, 15) is 4.79 Å². The third-order valence-corrected chi connectivity index (χ3v) is 4.16. The predicted octanol–water partition coefficient (Wildman–Crippen LogP) is 3.65. The van der Waals surface area contributed by atoms with E-state index in [1.54, 1.807) is 18.2 Å². The lowest BCUT2D eigenvalue weighted by Gasteiger charge is -2.06. The predicted molar refractivity (Wildman–Crippen MR) is 83.5 cm³/mol. The third-order valence-electron chi connectivity index (χ3n) is 2.50. The zero-order valence-corrected chi connectivity index (χ0v) is 13.0. The summed E-state index contributed by atoms with van der Waals surface area (Å²) in [6, 6.07) is 4.78. The molecule has 2 aromatic rings. The molecule has 1 heterocycles. The molecule has 0 bridgehead atoms. The summed E-state index contributed by atoms with van der Waals surface area (Å²) in [5.41, 5.74) is 6.92. The van der Waals surface area contributed by atoms with Crippen molar-refractivity contribution in [2.45, 2.75) is 19.4 Å². The molecule has 2 rings (SSSR count). The first-order valence-electron chi connectivity index (χ1n) is 5.90. The Bertz CT molecular complexity index is 628. The van der Waals surface area contributed by atoms with Crippen LogP contribution in [0, 0.1) is 0 Å². The summed E-state index contributed by atoms with van der Waals surface area (Å²) >= 11 is 13.3. The van der Waals surface area contributed by atoms with Crippen molar-refractivity contribution in [3.05, 3.63) is 44.3 Å². The minimum atomic E-state index is -0.198. The lowest BCUT2D eigenvalue weighted by molar-refractivity contribution is -0.115.